The molecule has 36 heavy (non-hydrogen) atoms. The first kappa shape index (κ1) is 24.6. The largest absolute Gasteiger partial charge is 0.378 e. The van der Waals surface area contributed by atoms with Crippen molar-refractivity contribution in [1.82, 2.24) is 4.98 Å². The van der Waals surface area contributed by atoms with Crippen LogP contribution in [-0.4, -0.2) is 37.1 Å². The molecule has 1 saturated carbocycles. The average molecular weight is 484 g/mol. The molecule has 1 aliphatic heterocycles. The molecular formula is C31H37N3O2. The van der Waals surface area contributed by atoms with E-state index in [4.69, 9.17) is 4.74 Å². The van der Waals surface area contributed by atoms with Crippen molar-refractivity contribution < 1.29 is 9.53 Å². The fourth-order valence-corrected chi connectivity index (χ4v) is 5.86. The molecule has 5 rings (SSSR count). The molecule has 1 aromatic heterocycles. The summed E-state index contributed by atoms with van der Waals surface area (Å²) >= 11 is 0. The normalized spacial score (nSPS) is 16.9. The van der Waals surface area contributed by atoms with Crippen LogP contribution in [0.2, 0.25) is 0 Å². The van der Waals surface area contributed by atoms with Gasteiger partial charge in [-0.25, -0.2) is 0 Å². The second-order valence-electron chi connectivity index (χ2n) is 11.1. The maximum atomic E-state index is 12.3. The lowest BCUT2D eigenvalue weighted by Gasteiger charge is -2.36. The van der Waals surface area contributed by atoms with Gasteiger partial charge >= 0.3 is 0 Å². The summed E-state index contributed by atoms with van der Waals surface area (Å²) in [5.41, 5.74) is 7.67. The van der Waals surface area contributed by atoms with Crippen LogP contribution >= 0.6 is 0 Å². The van der Waals surface area contributed by atoms with Gasteiger partial charge in [-0.3, -0.25) is 4.79 Å². The molecule has 2 aliphatic rings. The van der Waals surface area contributed by atoms with E-state index in [2.05, 4.69) is 55.8 Å². The Bertz CT molecular complexity index is 1320. The van der Waals surface area contributed by atoms with E-state index in [1.165, 1.54) is 24.1 Å². The SMILES string of the molecule is CCc1cc(C=O)c(C(C)(C)c2[nH]c3cc(C#N)ccc3c2C)cc1N1CCC(OCC2CC2)CC1. The lowest BCUT2D eigenvalue weighted by molar-refractivity contribution is 0.0305. The Balaban J connectivity index is 1.49. The van der Waals surface area contributed by atoms with Gasteiger partial charge in [0.05, 0.1) is 17.7 Å². The van der Waals surface area contributed by atoms with E-state index < -0.39 is 5.41 Å². The molecule has 0 unspecified atom stereocenters. The van der Waals surface area contributed by atoms with Crippen molar-refractivity contribution in [3.8, 4) is 6.07 Å². The van der Waals surface area contributed by atoms with Crippen LogP contribution in [0, 0.1) is 24.2 Å². The quantitative estimate of drug-likeness (QED) is 0.374. The minimum absolute atomic E-state index is 0.365. The monoisotopic (exact) mass is 483 g/mol. The van der Waals surface area contributed by atoms with Crippen LogP contribution in [-0.2, 0) is 16.6 Å². The van der Waals surface area contributed by atoms with Crippen LogP contribution in [0.25, 0.3) is 10.9 Å². The van der Waals surface area contributed by atoms with Gasteiger partial charge < -0.3 is 14.6 Å². The first-order chi connectivity index (χ1) is 17.3. The smallest absolute Gasteiger partial charge is 0.150 e. The van der Waals surface area contributed by atoms with E-state index in [-0.39, 0.29) is 0 Å². The third-order valence-electron chi connectivity index (χ3n) is 8.29. The lowest BCUT2D eigenvalue weighted by Crippen LogP contribution is -2.38. The fraction of sp³-hybridized carbons (Fsp3) is 0.484. The highest BCUT2D eigenvalue weighted by molar-refractivity contribution is 5.87. The number of fused-ring (bicyclic) bond motifs is 1. The van der Waals surface area contributed by atoms with Gasteiger partial charge in [0.25, 0.3) is 0 Å². The van der Waals surface area contributed by atoms with Crippen molar-refractivity contribution >= 4 is 22.9 Å². The topological polar surface area (TPSA) is 69.1 Å². The molecule has 1 N–H and O–H groups in total. The van der Waals surface area contributed by atoms with Crippen LogP contribution in [0.3, 0.4) is 0 Å². The molecular weight excluding hydrogens is 446 g/mol. The summed E-state index contributed by atoms with van der Waals surface area (Å²) in [5.74, 6) is 0.801. The van der Waals surface area contributed by atoms with Crippen molar-refractivity contribution in [2.45, 2.75) is 71.3 Å². The number of benzene rings is 2. The van der Waals surface area contributed by atoms with Crippen LogP contribution in [0.5, 0.6) is 0 Å². The third kappa shape index (κ3) is 4.55. The first-order valence-electron chi connectivity index (χ1n) is 13.4. The van der Waals surface area contributed by atoms with Gasteiger partial charge in [0.15, 0.2) is 0 Å². The van der Waals surface area contributed by atoms with Gasteiger partial charge in [-0.05, 0) is 85.9 Å². The van der Waals surface area contributed by atoms with Crippen molar-refractivity contribution in [3.05, 3.63) is 63.8 Å². The number of carbonyl (C=O) groups is 1. The van der Waals surface area contributed by atoms with Crippen LogP contribution < -0.4 is 4.90 Å². The molecule has 0 radical (unpaired) electrons. The highest BCUT2D eigenvalue weighted by atomic mass is 16.5. The van der Waals surface area contributed by atoms with Crippen LogP contribution in [0.15, 0.2) is 30.3 Å². The number of aldehydes is 1. The van der Waals surface area contributed by atoms with E-state index in [9.17, 15) is 10.1 Å². The van der Waals surface area contributed by atoms with Crippen LogP contribution in [0.1, 0.15) is 84.8 Å². The molecule has 2 aromatic carbocycles. The number of aromatic amines is 1. The van der Waals surface area contributed by atoms with E-state index in [1.54, 1.807) is 0 Å². The number of piperidine rings is 1. The van der Waals surface area contributed by atoms with Crippen LogP contribution in [0.4, 0.5) is 5.69 Å². The Morgan fingerprint density at radius 3 is 2.56 bits per heavy atom. The Kier molecular flexibility index (Phi) is 6.66. The minimum atomic E-state index is -0.418. The van der Waals surface area contributed by atoms with Gasteiger partial charge in [-0.15, -0.1) is 0 Å². The Morgan fingerprint density at radius 1 is 1.17 bits per heavy atom. The second kappa shape index (κ2) is 9.75. The number of carbonyl (C=O) groups excluding carboxylic acids is 1. The van der Waals surface area contributed by atoms with Gasteiger partial charge in [0, 0.05) is 53.0 Å². The molecule has 5 heteroatoms. The molecule has 0 spiro atoms. The second-order valence-corrected chi connectivity index (χ2v) is 11.1. The number of nitrogens with one attached hydrogen (secondary N) is 1. The number of nitriles is 1. The molecule has 1 saturated heterocycles. The van der Waals surface area contributed by atoms with Gasteiger partial charge in [0.2, 0.25) is 0 Å². The van der Waals surface area contributed by atoms with Gasteiger partial charge in [-0.1, -0.05) is 26.8 Å². The number of nitrogens with zero attached hydrogens (tertiary/aromatic N) is 2. The molecule has 0 bridgehead atoms. The number of H-pyrrole nitrogens is 1. The van der Waals surface area contributed by atoms with E-state index in [1.807, 2.05) is 18.2 Å². The van der Waals surface area contributed by atoms with Crippen molar-refractivity contribution in [3.63, 3.8) is 0 Å². The zero-order valence-corrected chi connectivity index (χ0v) is 22.0. The fourth-order valence-electron chi connectivity index (χ4n) is 5.86. The summed E-state index contributed by atoms with van der Waals surface area (Å²) in [6, 6.07) is 12.4. The Hall–Kier alpha value is -3.10. The lowest BCUT2D eigenvalue weighted by atomic mass is 9.76. The molecule has 2 fully saturated rings. The number of hydrogen-bond donors (Lipinski definition) is 1. The molecule has 0 amide bonds. The zero-order chi connectivity index (χ0) is 25.4. The predicted molar refractivity (Wildman–Crippen MR) is 145 cm³/mol. The summed E-state index contributed by atoms with van der Waals surface area (Å²) in [6.07, 6.45) is 7.01. The standard InChI is InChI=1S/C31H37N3O2/c1-5-23-15-24(18-35)27(16-29(23)34-12-10-25(11-13-34)36-19-21-6-7-21)31(3,4)30-20(2)26-9-8-22(17-32)14-28(26)33-30/h8-9,14-16,18,21,25,33H,5-7,10-13,19H2,1-4H3. The number of rotatable bonds is 8. The van der Waals surface area contributed by atoms with E-state index >= 15 is 0 Å². The highest BCUT2D eigenvalue weighted by Crippen LogP contribution is 2.41. The van der Waals surface area contributed by atoms with Crippen molar-refractivity contribution in [2.24, 2.45) is 5.92 Å². The molecule has 2 heterocycles. The molecule has 0 atom stereocenters. The third-order valence-corrected chi connectivity index (χ3v) is 8.29. The average Bonchev–Trinajstić information content (AvgIpc) is 3.68. The number of hydrogen-bond acceptors (Lipinski definition) is 4. The number of aromatic nitrogens is 1. The maximum Gasteiger partial charge on any atom is 0.150 e. The highest BCUT2D eigenvalue weighted by Gasteiger charge is 2.32. The maximum absolute atomic E-state index is 12.3. The minimum Gasteiger partial charge on any atom is -0.378 e. The predicted octanol–water partition coefficient (Wildman–Crippen LogP) is 6.44. The summed E-state index contributed by atoms with van der Waals surface area (Å²) in [6.45, 7) is 11.5. The molecule has 1 aliphatic carbocycles. The summed E-state index contributed by atoms with van der Waals surface area (Å²) < 4.78 is 6.18. The molecule has 5 nitrogen and oxygen atoms in total. The number of aryl methyl sites for hydroxylation is 2. The van der Waals surface area contributed by atoms with Crippen molar-refractivity contribution in [2.75, 3.05) is 24.6 Å². The van der Waals surface area contributed by atoms with Crippen molar-refractivity contribution in [1.29, 1.82) is 5.26 Å². The summed E-state index contributed by atoms with van der Waals surface area (Å²) in [5, 5.41) is 10.5. The Labute approximate surface area is 214 Å². The summed E-state index contributed by atoms with van der Waals surface area (Å²) in [4.78, 5) is 18.4. The molecule has 3 aromatic rings. The van der Waals surface area contributed by atoms with Gasteiger partial charge in [-0.2, -0.15) is 5.26 Å². The van der Waals surface area contributed by atoms with E-state index in [0.29, 0.717) is 11.7 Å². The number of anilines is 1. The summed E-state index contributed by atoms with van der Waals surface area (Å²) in [7, 11) is 0. The Morgan fingerprint density at radius 2 is 1.92 bits per heavy atom. The van der Waals surface area contributed by atoms with E-state index in [0.717, 1.165) is 84.5 Å². The zero-order valence-electron chi connectivity index (χ0n) is 22.0. The molecule has 188 valence electrons. The van der Waals surface area contributed by atoms with Gasteiger partial charge in [0.1, 0.15) is 6.29 Å². The first-order valence-corrected chi connectivity index (χ1v) is 13.4. The number of ether oxygens (including phenoxy) is 1.